The van der Waals surface area contributed by atoms with Crippen LogP contribution >= 0.6 is 0 Å². The molecule has 3 aromatic rings. The maximum Gasteiger partial charge on any atom is 0.189 e. The molecule has 0 saturated heterocycles. The molecule has 1 heterocycles. The van der Waals surface area contributed by atoms with Crippen molar-refractivity contribution in [2.24, 2.45) is 51.6 Å². The Balaban J connectivity index is 1.02. The fourth-order valence-corrected chi connectivity index (χ4v) is 18.4. The first-order chi connectivity index (χ1) is 39.5. The first kappa shape index (κ1) is 54.9. The Morgan fingerprint density at radius 3 is 2.46 bits per heavy atom. The molecule has 430 valence electrons. The van der Waals surface area contributed by atoms with E-state index < -0.39 is 5.41 Å². The fraction of sp³-hybridized carbons (Fsp3) is 0.606. The van der Waals surface area contributed by atoms with Crippen molar-refractivity contribution in [3.05, 3.63) is 122 Å². The molecule has 0 amide bonds. The van der Waals surface area contributed by atoms with Gasteiger partial charge in [-0.3, -0.25) is 4.79 Å². The zero-order valence-electron chi connectivity index (χ0n) is 48.1. The van der Waals surface area contributed by atoms with Crippen molar-refractivity contribution in [1.82, 2.24) is 5.32 Å². The number of hydrogen-bond acceptors (Lipinski definition) is 10. The number of rotatable bonds is 8. The molecule has 9 aliphatic carbocycles. The van der Waals surface area contributed by atoms with Crippen molar-refractivity contribution in [3.63, 3.8) is 0 Å². The summed E-state index contributed by atoms with van der Waals surface area (Å²) in [6.07, 6.45) is 29.8. The molecule has 11 unspecified atom stereocenters. The van der Waals surface area contributed by atoms with E-state index in [-0.39, 0.29) is 108 Å². The van der Waals surface area contributed by atoms with Crippen molar-refractivity contribution in [1.29, 1.82) is 0 Å². The molecule has 0 radical (unpaired) electrons. The summed E-state index contributed by atoms with van der Waals surface area (Å²) in [6.45, 7) is 2.71. The zero-order chi connectivity index (χ0) is 55.4. The second kappa shape index (κ2) is 23.0. The van der Waals surface area contributed by atoms with E-state index in [9.17, 15) is 20.4 Å². The molecule has 3 aromatic carbocycles. The average Bonchev–Trinajstić information content (AvgIpc) is 3.81. The number of aromatic hydroxyl groups is 2. The molecule has 10 heteroatoms. The number of guanidine groups is 1. The number of nitrogens with two attached hydrogens (primary N) is 1. The van der Waals surface area contributed by atoms with E-state index in [1.54, 1.807) is 0 Å². The highest BCUT2D eigenvalue weighted by Crippen LogP contribution is 2.61. The summed E-state index contributed by atoms with van der Waals surface area (Å²) in [5.74, 6) is 8.72. The lowest BCUT2D eigenvalue weighted by atomic mass is 9.55. The van der Waals surface area contributed by atoms with E-state index >= 15 is 4.79 Å². The van der Waals surface area contributed by atoms with Crippen molar-refractivity contribution >= 4 is 11.7 Å². The molecule has 10 aliphatic rings. The number of fused-ring (bicyclic) bond motifs is 13. The second-order valence-electron chi connectivity index (χ2n) is 27.3. The molecule has 1 spiro atoms. The predicted octanol–water partition coefficient (Wildman–Crippen LogP) is 13.1. The molecular formula is C71H89N3O7. The second-order valence-corrected chi connectivity index (χ2v) is 27.3. The van der Waals surface area contributed by atoms with E-state index in [0.717, 1.165) is 148 Å². The molecule has 13 rings (SSSR count). The Morgan fingerprint density at radius 1 is 0.852 bits per heavy atom. The number of ether oxygens (including phenoxy) is 2. The first-order valence-corrected chi connectivity index (χ1v) is 32.1. The van der Waals surface area contributed by atoms with E-state index in [0.29, 0.717) is 56.3 Å². The predicted molar refractivity (Wildman–Crippen MR) is 318 cm³/mol. The van der Waals surface area contributed by atoms with E-state index in [1.807, 2.05) is 12.1 Å². The monoisotopic (exact) mass is 1100 g/mol. The number of aliphatic hydroxyl groups excluding tert-OH is 2. The molecular weight excluding hydrogens is 1010 g/mol. The maximum atomic E-state index is 15.4. The van der Waals surface area contributed by atoms with Gasteiger partial charge in [-0.05, 0) is 202 Å². The third-order valence-corrected chi connectivity index (χ3v) is 22.2. The van der Waals surface area contributed by atoms with Gasteiger partial charge >= 0.3 is 0 Å². The zero-order valence-corrected chi connectivity index (χ0v) is 48.1. The van der Waals surface area contributed by atoms with Crippen LogP contribution in [0.1, 0.15) is 218 Å². The Labute approximate surface area is 481 Å². The molecule has 8 bridgehead atoms. The minimum atomic E-state index is -0.495. The van der Waals surface area contributed by atoms with Gasteiger partial charge in [-0.15, -0.1) is 0 Å². The highest BCUT2D eigenvalue weighted by molar-refractivity contribution is 5.98. The fourth-order valence-electron chi connectivity index (χ4n) is 18.4. The number of Topliss-reactive ketones (excluding diaryl/α,β-unsaturated/α-hetero) is 1. The highest BCUT2D eigenvalue weighted by Gasteiger charge is 2.52. The Kier molecular flexibility index (Phi) is 15.6. The van der Waals surface area contributed by atoms with Crippen LogP contribution in [0.25, 0.3) is 0 Å². The van der Waals surface area contributed by atoms with Gasteiger partial charge in [0.1, 0.15) is 5.75 Å². The summed E-state index contributed by atoms with van der Waals surface area (Å²) >= 11 is 0. The number of carbonyl (C=O) groups is 1. The number of carbonyl (C=O) groups excluding carboxylic acids is 1. The summed E-state index contributed by atoms with van der Waals surface area (Å²) in [5, 5.41) is 51.6. The summed E-state index contributed by atoms with van der Waals surface area (Å²) in [6, 6.07) is 17.2. The number of allylic oxidation sites excluding steroid dienone is 4. The number of nitrogens with zero attached hydrogens (tertiary/aromatic N) is 1. The molecule has 10 nitrogen and oxygen atoms in total. The number of aliphatic hydroxyl groups is 2. The third-order valence-electron chi connectivity index (χ3n) is 22.2. The molecule has 11 atom stereocenters. The molecule has 81 heavy (non-hydrogen) atoms. The first-order valence-electron chi connectivity index (χ1n) is 32.1. The lowest BCUT2D eigenvalue weighted by Crippen LogP contribution is -2.50. The number of benzene rings is 3. The van der Waals surface area contributed by atoms with Crippen LogP contribution < -0.4 is 15.8 Å². The van der Waals surface area contributed by atoms with Gasteiger partial charge in [0.25, 0.3) is 0 Å². The summed E-state index contributed by atoms with van der Waals surface area (Å²) < 4.78 is 14.4. The minimum Gasteiger partial charge on any atom is -0.508 e. The van der Waals surface area contributed by atoms with Crippen LogP contribution in [-0.2, 0) is 21.5 Å². The number of ketones is 1. The largest absolute Gasteiger partial charge is 0.508 e. The van der Waals surface area contributed by atoms with E-state index in [4.69, 9.17) is 20.2 Å². The number of hydrogen-bond donors (Lipinski definition) is 6. The Morgan fingerprint density at radius 2 is 1.64 bits per heavy atom. The standard InChI is InChI=1S/C71H89N3O7/c1-43-28-56-48-31-45(33-52(77)35-48)30-44-14-12-15-50(32-44)71(26-9-3-10-27-71)74-69(72)73-51-16-13-21-55-57(46-23-24-47-39-70(42-76)25-11-8-22-62(70)60(40-75)65(47)63(78)37-46)38-64(81-54-19-6-7-20-54)68(79)67(55)66-59(29-43)58(56)36-49(34-51)61(66)41-80-53-17-4-2-5-18-53/h11-12,14-15,25,31-33,35-36,38,43,46-47,49,51,53-54,56,59,61-62,66,75-77,79H,2-10,16-20,22-24,26-30,34,37,39-42H2,1H3,(H3,72,73,74). The number of nitrogens with one attached hydrogen (secondary N) is 1. The van der Waals surface area contributed by atoms with Crippen LogP contribution in [0, 0.1) is 52.8 Å². The quantitative estimate of drug-likeness (QED) is 0.0951. The van der Waals surface area contributed by atoms with Gasteiger partial charge in [-0.2, -0.15) is 0 Å². The molecule has 7 N–H and O–H groups in total. The van der Waals surface area contributed by atoms with Crippen LogP contribution in [0.3, 0.4) is 0 Å². The molecule has 5 saturated carbocycles. The number of aliphatic imine (C=N–C) groups is 1. The van der Waals surface area contributed by atoms with Crippen LogP contribution in [0.15, 0.2) is 88.5 Å². The van der Waals surface area contributed by atoms with E-state index in [2.05, 4.69) is 78.7 Å². The van der Waals surface area contributed by atoms with Crippen LogP contribution in [0.2, 0.25) is 0 Å². The normalized spacial score (nSPS) is 33.0. The summed E-state index contributed by atoms with van der Waals surface area (Å²) in [7, 11) is 0. The topological polar surface area (TPSA) is 167 Å². The summed E-state index contributed by atoms with van der Waals surface area (Å²) in [5.41, 5.74) is 16.7. The van der Waals surface area contributed by atoms with Crippen molar-refractivity contribution in [2.45, 2.75) is 209 Å². The van der Waals surface area contributed by atoms with Gasteiger partial charge < -0.3 is 41.0 Å². The highest BCUT2D eigenvalue weighted by atomic mass is 16.5. The van der Waals surface area contributed by atoms with Gasteiger partial charge in [-0.25, -0.2) is 4.99 Å². The Bertz CT molecular complexity index is 3050. The van der Waals surface area contributed by atoms with Gasteiger partial charge in [0.15, 0.2) is 23.2 Å². The van der Waals surface area contributed by atoms with Crippen LogP contribution in [0.5, 0.6) is 17.2 Å². The maximum absolute atomic E-state index is 15.4. The van der Waals surface area contributed by atoms with Gasteiger partial charge in [0, 0.05) is 46.8 Å². The summed E-state index contributed by atoms with van der Waals surface area (Å²) in [4.78, 5) is 20.9. The van der Waals surface area contributed by atoms with Crippen molar-refractivity contribution in [3.8, 4) is 29.1 Å². The lowest BCUT2D eigenvalue weighted by molar-refractivity contribution is -0.116. The smallest absolute Gasteiger partial charge is 0.189 e. The lowest BCUT2D eigenvalue weighted by Gasteiger charge is -2.50. The van der Waals surface area contributed by atoms with Crippen LogP contribution in [0.4, 0.5) is 0 Å². The average molecular weight is 1100 g/mol. The Hall–Kier alpha value is -5.34. The van der Waals surface area contributed by atoms with Gasteiger partial charge in [0.2, 0.25) is 0 Å². The SMILES string of the molecule is CC1CC2C3=CC4CC(CC#Cc5c(C6CCC7CC8(CO)C=CCCC8C(CO)=C7C(=O)C6)cc(OC6CCCC6)c(O)c5C(C3C1)C4COC1CCCCC1)N=C(N)NC1(CCCCC1)c1cccc(c1)Cc1cc(O)cc2c1. The molecule has 5 fully saturated rings. The molecule has 0 aromatic heterocycles. The minimum absolute atomic E-state index is 0.00166. The number of phenols is 2. The van der Waals surface area contributed by atoms with Gasteiger partial charge in [-0.1, -0.05) is 111 Å². The van der Waals surface area contributed by atoms with Crippen molar-refractivity contribution < 1.29 is 34.7 Å². The van der Waals surface area contributed by atoms with Gasteiger partial charge in [0.05, 0.1) is 43.6 Å². The number of phenolic OH excluding ortho intramolecular Hbond substituents is 2. The third kappa shape index (κ3) is 10.6. The van der Waals surface area contributed by atoms with Crippen LogP contribution in [-0.4, -0.2) is 70.2 Å². The van der Waals surface area contributed by atoms with Crippen molar-refractivity contribution in [2.75, 3.05) is 19.8 Å². The van der Waals surface area contributed by atoms with E-state index in [1.165, 1.54) is 29.5 Å². The molecule has 1 aliphatic heterocycles.